The van der Waals surface area contributed by atoms with Crippen molar-refractivity contribution in [3.05, 3.63) is 66.1 Å². The van der Waals surface area contributed by atoms with Gasteiger partial charge in [-0.2, -0.15) is 0 Å². The summed E-state index contributed by atoms with van der Waals surface area (Å²) < 4.78 is 2.34. The van der Waals surface area contributed by atoms with Crippen LogP contribution in [-0.4, -0.2) is 16.1 Å². The smallest absolute Gasteiger partial charge is 0.0525 e. The lowest BCUT2D eigenvalue weighted by Gasteiger charge is -2.10. The SMILES string of the molecule is CCNCc1cccc2ccn(CCc3ccccn3)c12. The van der Waals surface area contributed by atoms with Crippen molar-refractivity contribution in [2.45, 2.75) is 26.4 Å². The molecule has 3 nitrogen and oxygen atoms in total. The quantitative estimate of drug-likeness (QED) is 0.749. The summed E-state index contributed by atoms with van der Waals surface area (Å²) in [6, 6.07) is 14.8. The van der Waals surface area contributed by atoms with Crippen LogP contribution >= 0.6 is 0 Å². The molecule has 2 heterocycles. The zero-order valence-corrected chi connectivity index (χ0v) is 12.4. The summed E-state index contributed by atoms with van der Waals surface area (Å²) in [7, 11) is 0. The van der Waals surface area contributed by atoms with Crippen LogP contribution in [0.4, 0.5) is 0 Å². The number of aromatic nitrogens is 2. The standard InChI is InChI=1S/C18H21N3/c1-2-19-14-16-7-5-6-15-9-12-21(18(15)16)13-10-17-8-3-4-11-20-17/h3-9,11-12,19H,2,10,13-14H2,1H3. The third-order valence-corrected chi connectivity index (χ3v) is 3.77. The summed E-state index contributed by atoms with van der Waals surface area (Å²) in [5.74, 6) is 0. The first-order chi connectivity index (χ1) is 10.4. The molecule has 0 bridgehead atoms. The van der Waals surface area contributed by atoms with Gasteiger partial charge in [0.15, 0.2) is 0 Å². The van der Waals surface area contributed by atoms with E-state index in [-0.39, 0.29) is 0 Å². The maximum absolute atomic E-state index is 4.40. The molecule has 108 valence electrons. The number of rotatable bonds is 6. The van der Waals surface area contributed by atoms with Gasteiger partial charge in [-0.3, -0.25) is 4.98 Å². The van der Waals surface area contributed by atoms with Gasteiger partial charge in [-0.1, -0.05) is 31.2 Å². The van der Waals surface area contributed by atoms with Crippen molar-refractivity contribution >= 4 is 10.9 Å². The lowest BCUT2D eigenvalue weighted by atomic mass is 10.1. The zero-order valence-electron chi connectivity index (χ0n) is 12.4. The molecule has 0 unspecified atom stereocenters. The molecule has 0 saturated heterocycles. The van der Waals surface area contributed by atoms with E-state index >= 15 is 0 Å². The summed E-state index contributed by atoms with van der Waals surface area (Å²) in [6.07, 6.45) is 5.00. The molecular weight excluding hydrogens is 258 g/mol. The van der Waals surface area contributed by atoms with Gasteiger partial charge in [0.2, 0.25) is 0 Å². The normalized spacial score (nSPS) is 11.1. The monoisotopic (exact) mass is 279 g/mol. The fourth-order valence-corrected chi connectivity index (χ4v) is 2.71. The van der Waals surface area contributed by atoms with Gasteiger partial charge in [0.1, 0.15) is 0 Å². The van der Waals surface area contributed by atoms with E-state index < -0.39 is 0 Å². The summed E-state index contributed by atoms with van der Waals surface area (Å²) in [5.41, 5.74) is 3.85. The molecule has 0 amide bonds. The third kappa shape index (κ3) is 3.14. The molecule has 0 spiro atoms. The Morgan fingerprint density at radius 2 is 2.05 bits per heavy atom. The maximum Gasteiger partial charge on any atom is 0.0525 e. The first kappa shape index (κ1) is 13.8. The number of pyridine rings is 1. The molecule has 1 N–H and O–H groups in total. The van der Waals surface area contributed by atoms with Crippen LogP contribution in [0.25, 0.3) is 10.9 Å². The third-order valence-electron chi connectivity index (χ3n) is 3.77. The number of nitrogens with one attached hydrogen (secondary N) is 1. The average Bonchev–Trinajstić information content (AvgIpc) is 2.96. The summed E-state index contributed by atoms with van der Waals surface area (Å²) in [5, 5.41) is 4.73. The van der Waals surface area contributed by atoms with Gasteiger partial charge >= 0.3 is 0 Å². The van der Waals surface area contributed by atoms with Crippen molar-refractivity contribution in [1.82, 2.24) is 14.9 Å². The predicted molar refractivity (Wildman–Crippen MR) is 87.3 cm³/mol. The van der Waals surface area contributed by atoms with E-state index in [9.17, 15) is 0 Å². The van der Waals surface area contributed by atoms with Crippen LogP contribution in [0, 0.1) is 0 Å². The van der Waals surface area contributed by atoms with Crippen molar-refractivity contribution in [3.63, 3.8) is 0 Å². The van der Waals surface area contributed by atoms with Crippen molar-refractivity contribution in [2.24, 2.45) is 0 Å². The average molecular weight is 279 g/mol. The van der Waals surface area contributed by atoms with Crippen LogP contribution in [0.15, 0.2) is 54.9 Å². The fourth-order valence-electron chi connectivity index (χ4n) is 2.71. The van der Waals surface area contributed by atoms with Crippen molar-refractivity contribution in [1.29, 1.82) is 0 Å². The van der Waals surface area contributed by atoms with E-state index in [0.717, 1.165) is 31.7 Å². The van der Waals surface area contributed by atoms with Gasteiger partial charge in [0.25, 0.3) is 0 Å². The number of hydrogen-bond acceptors (Lipinski definition) is 2. The highest BCUT2D eigenvalue weighted by atomic mass is 15.0. The molecule has 0 radical (unpaired) electrons. The molecule has 3 aromatic rings. The number of benzene rings is 1. The number of aryl methyl sites for hydroxylation is 2. The number of para-hydroxylation sites is 1. The summed E-state index contributed by atoms with van der Waals surface area (Å²) in [4.78, 5) is 4.40. The van der Waals surface area contributed by atoms with E-state index in [1.807, 2.05) is 18.3 Å². The minimum atomic E-state index is 0.918. The minimum Gasteiger partial charge on any atom is -0.347 e. The molecule has 1 aromatic carbocycles. The van der Waals surface area contributed by atoms with Gasteiger partial charge < -0.3 is 9.88 Å². The maximum atomic E-state index is 4.40. The largest absolute Gasteiger partial charge is 0.347 e. The Labute approximate surface area is 125 Å². The second kappa shape index (κ2) is 6.55. The fraction of sp³-hybridized carbons (Fsp3) is 0.278. The van der Waals surface area contributed by atoms with Crippen molar-refractivity contribution in [3.8, 4) is 0 Å². The Morgan fingerprint density at radius 1 is 1.10 bits per heavy atom. The topological polar surface area (TPSA) is 29.9 Å². The first-order valence-corrected chi connectivity index (χ1v) is 7.56. The first-order valence-electron chi connectivity index (χ1n) is 7.56. The molecule has 0 atom stereocenters. The van der Waals surface area contributed by atoms with Crippen molar-refractivity contribution in [2.75, 3.05) is 6.54 Å². The van der Waals surface area contributed by atoms with Crippen LogP contribution in [0.3, 0.4) is 0 Å². The van der Waals surface area contributed by atoms with Crippen LogP contribution in [0.1, 0.15) is 18.2 Å². The second-order valence-electron chi connectivity index (χ2n) is 5.22. The van der Waals surface area contributed by atoms with E-state index in [1.165, 1.54) is 16.5 Å². The highest BCUT2D eigenvalue weighted by Gasteiger charge is 2.06. The van der Waals surface area contributed by atoms with E-state index in [4.69, 9.17) is 0 Å². The van der Waals surface area contributed by atoms with Crippen LogP contribution in [0.2, 0.25) is 0 Å². The number of hydrogen-bond donors (Lipinski definition) is 1. The van der Waals surface area contributed by atoms with Crippen LogP contribution in [0.5, 0.6) is 0 Å². The van der Waals surface area contributed by atoms with Crippen molar-refractivity contribution < 1.29 is 0 Å². The number of fused-ring (bicyclic) bond motifs is 1. The second-order valence-corrected chi connectivity index (χ2v) is 5.22. The van der Waals surface area contributed by atoms with E-state index in [0.29, 0.717) is 0 Å². The Hall–Kier alpha value is -2.13. The molecule has 0 aliphatic rings. The summed E-state index contributed by atoms with van der Waals surface area (Å²) in [6.45, 7) is 5.01. The lowest BCUT2D eigenvalue weighted by molar-refractivity contribution is 0.695. The highest BCUT2D eigenvalue weighted by molar-refractivity contribution is 5.83. The summed E-state index contributed by atoms with van der Waals surface area (Å²) >= 11 is 0. The van der Waals surface area contributed by atoms with Crippen LogP contribution in [-0.2, 0) is 19.5 Å². The number of nitrogens with zero attached hydrogens (tertiary/aromatic N) is 2. The van der Waals surface area contributed by atoms with Gasteiger partial charge in [0, 0.05) is 37.6 Å². The molecule has 0 fully saturated rings. The highest BCUT2D eigenvalue weighted by Crippen LogP contribution is 2.20. The molecule has 2 aromatic heterocycles. The molecule has 0 aliphatic heterocycles. The zero-order chi connectivity index (χ0) is 14.5. The molecule has 3 heteroatoms. The molecule has 3 rings (SSSR count). The minimum absolute atomic E-state index is 0.918. The molecular formula is C18H21N3. The van der Waals surface area contributed by atoms with E-state index in [1.54, 1.807) is 0 Å². The molecule has 21 heavy (non-hydrogen) atoms. The van der Waals surface area contributed by atoms with Gasteiger partial charge in [-0.05, 0) is 35.7 Å². The van der Waals surface area contributed by atoms with E-state index in [2.05, 4.69) is 58.3 Å². The Bertz CT molecular complexity index is 701. The molecule has 0 saturated carbocycles. The van der Waals surface area contributed by atoms with Crippen LogP contribution < -0.4 is 5.32 Å². The Balaban J connectivity index is 1.84. The Kier molecular flexibility index (Phi) is 4.31. The predicted octanol–water partition coefficient (Wildman–Crippen LogP) is 3.39. The molecule has 0 aliphatic carbocycles. The van der Waals surface area contributed by atoms with Gasteiger partial charge in [-0.25, -0.2) is 0 Å². The van der Waals surface area contributed by atoms with Gasteiger partial charge in [-0.15, -0.1) is 0 Å². The Morgan fingerprint density at radius 3 is 2.86 bits per heavy atom. The lowest BCUT2D eigenvalue weighted by Crippen LogP contribution is -2.13. The van der Waals surface area contributed by atoms with Gasteiger partial charge in [0.05, 0.1) is 5.52 Å².